The Bertz CT molecular complexity index is 438. The molecule has 3 nitrogen and oxygen atoms in total. The van der Waals surface area contributed by atoms with E-state index in [2.05, 4.69) is 27.3 Å². The first-order chi connectivity index (χ1) is 8.22. The third kappa shape index (κ3) is 2.83. The van der Waals surface area contributed by atoms with Crippen LogP contribution in [-0.4, -0.2) is 31.1 Å². The van der Waals surface area contributed by atoms with Crippen molar-refractivity contribution in [1.82, 2.24) is 10.2 Å². The highest BCUT2D eigenvalue weighted by atomic mass is 79.9. The minimum atomic E-state index is -0.505. The summed E-state index contributed by atoms with van der Waals surface area (Å²) in [5, 5.41) is 12.5. The highest BCUT2D eigenvalue weighted by molar-refractivity contribution is 9.10. The fraction of sp³-hybridized carbons (Fsp3) is 0.417. The summed E-state index contributed by atoms with van der Waals surface area (Å²) in [7, 11) is 0. The van der Waals surface area contributed by atoms with Crippen LogP contribution in [-0.2, 0) is 0 Å². The highest BCUT2D eigenvalue weighted by Crippen LogP contribution is 2.26. The molecule has 1 aromatic rings. The Kier molecular flexibility index (Phi) is 4.11. The number of nitrogens with one attached hydrogen (secondary N) is 1. The monoisotopic (exact) mass is 297 g/mol. The molecule has 1 fully saturated rings. The van der Waals surface area contributed by atoms with E-state index in [0.29, 0.717) is 5.56 Å². The molecule has 1 unspecified atom stereocenters. The highest BCUT2D eigenvalue weighted by Gasteiger charge is 2.24. The van der Waals surface area contributed by atoms with Gasteiger partial charge in [-0.25, -0.2) is 4.39 Å². The molecular formula is C12H13BrFN3. The van der Waals surface area contributed by atoms with Crippen LogP contribution < -0.4 is 5.32 Å². The first kappa shape index (κ1) is 12.5. The fourth-order valence-electron chi connectivity index (χ4n) is 2.01. The lowest BCUT2D eigenvalue weighted by Crippen LogP contribution is -2.45. The summed E-state index contributed by atoms with van der Waals surface area (Å²) in [6, 6.07) is 6.41. The van der Waals surface area contributed by atoms with Crippen molar-refractivity contribution in [3.05, 3.63) is 34.1 Å². The molecule has 0 aliphatic carbocycles. The van der Waals surface area contributed by atoms with Crippen LogP contribution in [0.4, 0.5) is 4.39 Å². The van der Waals surface area contributed by atoms with Gasteiger partial charge >= 0.3 is 0 Å². The zero-order chi connectivity index (χ0) is 12.3. The van der Waals surface area contributed by atoms with Crippen molar-refractivity contribution in [3.8, 4) is 6.07 Å². The van der Waals surface area contributed by atoms with E-state index in [1.807, 2.05) is 4.90 Å². The van der Waals surface area contributed by atoms with Gasteiger partial charge in [-0.05, 0) is 18.2 Å². The van der Waals surface area contributed by atoms with Crippen molar-refractivity contribution in [2.75, 3.05) is 26.2 Å². The summed E-state index contributed by atoms with van der Waals surface area (Å²) in [6.45, 7) is 3.22. The van der Waals surface area contributed by atoms with E-state index in [9.17, 15) is 9.65 Å². The Morgan fingerprint density at radius 3 is 2.76 bits per heavy atom. The minimum Gasteiger partial charge on any atom is -0.314 e. The molecule has 1 aliphatic heterocycles. The first-order valence-corrected chi connectivity index (χ1v) is 6.31. The van der Waals surface area contributed by atoms with Crippen molar-refractivity contribution < 1.29 is 4.39 Å². The molecule has 1 heterocycles. The Morgan fingerprint density at radius 1 is 1.41 bits per heavy atom. The Morgan fingerprint density at radius 2 is 2.12 bits per heavy atom. The van der Waals surface area contributed by atoms with E-state index in [1.165, 1.54) is 6.07 Å². The van der Waals surface area contributed by atoms with Gasteiger partial charge < -0.3 is 5.32 Å². The van der Waals surface area contributed by atoms with Gasteiger partial charge in [0.2, 0.25) is 0 Å². The van der Waals surface area contributed by atoms with Gasteiger partial charge in [0.25, 0.3) is 0 Å². The summed E-state index contributed by atoms with van der Waals surface area (Å²) >= 11 is 3.31. The average Bonchev–Trinajstić information content (AvgIpc) is 2.36. The van der Waals surface area contributed by atoms with Crippen LogP contribution in [0.3, 0.4) is 0 Å². The van der Waals surface area contributed by atoms with E-state index < -0.39 is 6.04 Å². The summed E-state index contributed by atoms with van der Waals surface area (Å²) < 4.78 is 14.5. The van der Waals surface area contributed by atoms with Crippen molar-refractivity contribution >= 4 is 15.9 Å². The van der Waals surface area contributed by atoms with Gasteiger partial charge in [0.15, 0.2) is 0 Å². The molecule has 0 bridgehead atoms. The lowest BCUT2D eigenvalue weighted by molar-refractivity contribution is 0.204. The van der Waals surface area contributed by atoms with Gasteiger partial charge in [0, 0.05) is 36.2 Å². The molecule has 1 aliphatic rings. The lowest BCUT2D eigenvalue weighted by atomic mass is 10.1. The van der Waals surface area contributed by atoms with Gasteiger partial charge in [-0.1, -0.05) is 15.9 Å². The van der Waals surface area contributed by atoms with E-state index in [-0.39, 0.29) is 5.82 Å². The van der Waals surface area contributed by atoms with Crippen molar-refractivity contribution in [2.45, 2.75) is 6.04 Å². The molecular weight excluding hydrogens is 285 g/mol. The predicted octanol–water partition coefficient (Wildman–Crippen LogP) is 2.06. The van der Waals surface area contributed by atoms with Crippen LogP contribution in [0.1, 0.15) is 11.6 Å². The third-order valence-corrected chi connectivity index (χ3v) is 3.38. The average molecular weight is 298 g/mol. The number of hydrogen-bond acceptors (Lipinski definition) is 3. The predicted molar refractivity (Wildman–Crippen MR) is 66.9 cm³/mol. The summed E-state index contributed by atoms with van der Waals surface area (Å²) in [4.78, 5) is 2.00. The summed E-state index contributed by atoms with van der Waals surface area (Å²) in [6.07, 6.45) is 0. The maximum Gasteiger partial charge on any atom is 0.129 e. The molecule has 5 heteroatoms. The zero-order valence-corrected chi connectivity index (χ0v) is 10.9. The third-order valence-electron chi connectivity index (χ3n) is 2.89. The minimum absolute atomic E-state index is 0.321. The molecule has 0 aromatic heterocycles. The molecule has 1 N–H and O–H groups in total. The van der Waals surface area contributed by atoms with Gasteiger partial charge in [-0.2, -0.15) is 5.26 Å². The van der Waals surface area contributed by atoms with Gasteiger partial charge in [0.05, 0.1) is 6.07 Å². The smallest absolute Gasteiger partial charge is 0.129 e. The molecule has 90 valence electrons. The second-order valence-electron chi connectivity index (χ2n) is 3.98. The maximum absolute atomic E-state index is 13.7. The van der Waals surface area contributed by atoms with Crippen LogP contribution >= 0.6 is 15.9 Å². The van der Waals surface area contributed by atoms with Crippen LogP contribution in [0, 0.1) is 17.1 Å². The van der Waals surface area contributed by atoms with Crippen molar-refractivity contribution in [1.29, 1.82) is 5.26 Å². The van der Waals surface area contributed by atoms with Crippen molar-refractivity contribution in [3.63, 3.8) is 0 Å². The lowest BCUT2D eigenvalue weighted by Gasteiger charge is -2.31. The van der Waals surface area contributed by atoms with E-state index in [4.69, 9.17) is 0 Å². The second-order valence-corrected chi connectivity index (χ2v) is 4.90. The SMILES string of the molecule is N#CC(c1cc(Br)ccc1F)N1CCNCC1. The normalized spacial score (nSPS) is 18.6. The van der Waals surface area contributed by atoms with E-state index in [1.54, 1.807) is 12.1 Å². The molecule has 0 radical (unpaired) electrons. The quantitative estimate of drug-likeness (QED) is 0.908. The van der Waals surface area contributed by atoms with Crippen LogP contribution in [0.5, 0.6) is 0 Å². The summed E-state index contributed by atoms with van der Waals surface area (Å²) in [5.74, 6) is -0.321. The molecule has 2 rings (SSSR count). The van der Waals surface area contributed by atoms with Gasteiger partial charge in [0.1, 0.15) is 11.9 Å². The van der Waals surface area contributed by atoms with Gasteiger partial charge in [-0.15, -0.1) is 0 Å². The molecule has 0 saturated carbocycles. The number of nitriles is 1. The zero-order valence-electron chi connectivity index (χ0n) is 9.29. The molecule has 1 saturated heterocycles. The number of nitrogens with zero attached hydrogens (tertiary/aromatic N) is 2. The largest absolute Gasteiger partial charge is 0.314 e. The molecule has 0 amide bonds. The molecule has 0 spiro atoms. The van der Waals surface area contributed by atoms with E-state index >= 15 is 0 Å². The number of benzene rings is 1. The Hall–Kier alpha value is -0.960. The molecule has 17 heavy (non-hydrogen) atoms. The maximum atomic E-state index is 13.7. The Labute approximate surface area is 108 Å². The van der Waals surface area contributed by atoms with Crippen LogP contribution in [0.2, 0.25) is 0 Å². The second kappa shape index (κ2) is 5.58. The van der Waals surface area contributed by atoms with Crippen LogP contribution in [0.15, 0.2) is 22.7 Å². The molecule has 1 atom stereocenters. The standard InChI is InChI=1S/C12H13BrFN3/c13-9-1-2-11(14)10(7-9)12(8-15)17-5-3-16-4-6-17/h1-2,7,12,16H,3-6H2. The van der Waals surface area contributed by atoms with Crippen molar-refractivity contribution in [2.24, 2.45) is 0 Å². The number of rotatable bonds is 2. The van der Waals surface area contributed by atoms with Crippen LogP contribution in [0.25, 0.3) is 0 Å². The fourth-order valence-corrected chi connectivity index (χ4v) is 2.39. The van der Waals surface area contributed by atoms with Gasteiger partial charge in [-0.3, -0.25) is 4.90 Å². The molecule has 1 aromatic carbocycles. The number of piperazine rings is 1. The topological polar surface area (TPSA) is 39.1 Å². The summed E-state index contributed by atoms with van der Waals surface area (Å²) in [5.41, 5.74) is 0.448. The van der Waals surface area contributed by atoms with E-state index in [0.717, 1.165) is 30.7 Å². The first-order valence-electron chi connectivity index (χ1n) is 5.51. The number of halogens is 2. The Balaban J connectivity index is 2.28. The number of hydrogen-bond donors (Lipinski definition) is 1.